The number of nitrogens with two attached hydrogens (primary N) is 1. The van der Waals surface area contributed by atoms with E-state index < -0.39 is 0 Å². The van der Waals surface area contributed by atoms with Crippen molar-refractivity contribution < 1.29 is 9.59 Å². The molecule has 0 radical (unpaired) electrons. The number of benzene rings is 1. The second-order valence-electron chi connectivity index (χ2n) is 7.67. The Bertz CT molecular complexity index is 861. The van der Waals surface area contributed by atoms with Gasteiger partial charge in [-0.3, -0.25) is 14.6 Å². The Hall–Kier alpha value is -2.96. The van der Waals surface area contributed by atoms with Crippen molar-refractivity contribution in [1.29, 1.82) is 0 Å². The molecule has 28 heavy (non-hydrogen) atoms. The zero-order valence-corrected chi connectivity index (χ0v) is 15.8. The van der Waals surface area contributed by atoms with Crippen LogP contribution in [0.3, 0.4) is 0 Å². The van der Waals surface area contributed by atoms with Crippen LogP contribution in [0.5, 0.6) is 0 Å². The van der Waals surface area contributed by atoms with Crippen LogP contribution in [0.1, 0.15) is 42.5 Å². The number of nitrogen functional groups attached to an aromatic ring is 1. The van der Waals surface area contributed by atoms with Gasteiger partial charge < -0.3 is 16.0 Å². The Kier molecular flexibility index (Phi) is 5.23. The SMILES string of the molecule is Nc1cnc(-c2cccc(C(=O)NC[C@@H]3CC(=O)N(C4CCCC4)C3)c2)cn1. The number of likely N-dealkylation sites (tertiary alicyclic amines) is 1. The highest BCUT2D eigenvalue weighted by atomic mass is 16.2. The molecule has 1 aromatic carbocycles. The third-order valence-electron chi connectivity index (χ3n) is 5.65. The summed E-state index contributed by atoms with van der Waals surface area (Å²) >= 11 is 0. The van der Waals surface area contributed by atoms with Crippen molar-refractivity contribution in [3.05, 3.63) is 42.2 Å². The Morgan fingerprint density at radius 3 is 2.79 bits per heavy atom. The Labute approximate surface area is 164 Å². The predicted octanol–water partition coefficient (Wildman–Crippen LogP) is 2.25. The molecule has 1 saturated carbocycles. The van der Waals surface area contributed by atoms with E-state index in [2.05, 4.69) is 15.3 Å². The molecular formula is C21H25N5O2. The lowest BCUT2D eigenvalue weighted by Gasteiger charge is -2.24. The van der Waals surface area contributed by atoms with Gasteiger partial charge in [0.15, 0.2) is 0 Å². The lowest BCUT2D eigenvalue weighted by Crippen LogP contribution is -2.36. The zero-order chi connectivity index (χ0) is 19.5. The average molecular weight is 379 g/mol. The van der Waals surface area contributed by atoms with Gasteiger partial charge in [-0.15, -0.1) is 0 Å². The molecular weight excluding hydrogens is 354 g/mol. The summed E-state index contributed by atoms with van der Waals surface area (Å²) in [6.45, 7) is 1.27. The lowest BCUT2D eigenvalue weighted by atomic mass is 10.1. The minimum Gasteiger partial charge on any atom is -0.382 e. The molecule has 7 nitrogen and oxygen atoms in total. The first-order valence-corrected chi connectivity index (χ1v) is 9.86. The van der Waals surface area contributed by atoms with Gasteiger partial charge in [0, 0.05) is 42.6 Å². The first-order valence-electron chi connectivity index (χ1n) is 9.86. The number of nitrogens with zero attached hydrogens (tertiary/aromatic N) is 3. The van der Waals surface area contributed by atoms with Gasteiger partial charge >= 0.3 is 0 Å². The van der Waals surface area contributed by atoms with E-state index in [0.29, 0.717) is 36.1 Å². The minimum atomic E-state index is -0.142. The highest BCUT2D eigenvalue weighted by molar-refractivity contribution is 5.95. The van der Waals surface area contributed by atoms with Crippen LogP contribution >= 0.6 is 0 Å². The first kappa shape index (κ1) is 18.4. The van der Waals surface area contributed by atoms with Crippen LogP contribution in [0.25, 0.3) is 11.3 Å². The highest BCUT2D eigenvalue weighted by Gasteiger charge is 2.35. The van der Waals surface area contributed by atoms with Crippen LogP contribution in [0.4, 0.5) is 5.82 Å². The molecule has 0 unspecified atom stereocenters. The smallest absolute Gasteiger partial charge is 0.251 e. The summed E-state index contributed by atoms with van der Waals surface area (Å²) in [5.41, 5.74) is 7.61. The molecule has 1 aromatic heterocycles. The first-order chi connectivity index (χ1) is 13.6. The predicted molar refractivity (Wildman–Crippen MR) is 106 cm³/mol. The number of anilines is 1. The van der Waals surface area contributed by atoms with Crippen molar-refractivity contribution in [3.63, 3.8) is 0 Å². The van der Waals surface area contributed by atoms with Gasteiger partial charge in [-0.25, -0.2) is 4.98 Å². The molecule has 2 amide bonds. The van der Waals surface area contributed by atoms with E-state index in [-0.39, 0.29) is 17.7 Å². The fourth-order valence-electron chi connectivity index (χ4n) is 4.16. The second-order valence-corrected chi connectivity index (χ2v) is 7.67. The third kappa shape index (κ3) is 3.98. The quantitative estimate of drug-likeness (QED) is 0.830. The number of aromatic nitrogens is 2. The van der Waals surface area contributed by atoms with E-state index in [4.69, 9.17) is 5.73 Å². The topological polar surface area (TPSA) is 101 Å². The molecule has 146 valence electrons. The van der Waals surface area contributed by atoms with Crippen LogP contribution in [-0.2, 0) is 4.79 Å². The van der Waals surface area contributed by atoms with E-state index in [1.165, 1.54) is 19.0 Å². The molecule has 1 saturated heterocycles. The van der Waals surface area contributed by atoms with E-state index in [0.717, 1.165) is 24.9 Å². The molecule has 3 N–H and O–H groups in total. The van der Waals surface area contributed by atoms with Gasteiger partial charge in [-0.2, -0.15) is 0 Å². The standard InChI is InChI=1S/C21H25N5O2/c22-19-12-23-18(11-24-19)15-4-3-5-16(9-15)21(28)25-10-14-8-20(27)26(13-14)17-6-1-2-7-17/h3-5,9,11-12,14,17H,1-2,6-8,10,13H2,(H2,22,24)(H,25,28)/t14-/m0/s1. The van der Waals surface area contributed by atoms with Gasteiger partial charge in [-0.1, -0.05) is 25.0 Å². The van der Waals surface area contributed by atoms with Gasteiger partial charge in [0.25, 0.3) is 5.91 Å². The van der Waals surface area contributed by atoms with Gasteiger partial charge in [0.05, 0.1) is 18.1 Å². The number of hydrogen-bond acceptors (Lipinski definition) is 5. The van der Waals surface area contributed by atoms with E-state index in [9.17, 15) is 9.59 Å². The summed E-state index contributed by atoms with van der Waals surface area (Å²) in [4.78, 5) is 35.2. The summed E-state index contributed by atoms with van der Waals surface area (Å²) in [7, 11) is 0. The van der Waals surface area contributed by atoms with Crippen LogP contribution in [-0.4, -0.2) is 45.8 Å². The normalized spacial score (nSPS) is 19.9. The second kappa shape index (κ2) is 7.96. The Morgan fingerprint density at radius 1 is 1.21 bits per heavy atom. The molecule has 2 aromatic rings. The molecule has 2 heterocycles. The maximum absolute atomic E-state index is 12.6. The van der Waals surface area contributed by atoms with Crippen molar-refractivity contribution in [1.82, 2.24) is 20.2 Å². The van der Waals surface area contributed by atoms with E-state index >= 15 is 0 Å². The Balaban J connectivity index is 1.36. The number of rotatable bonds is 5. The fourth-order valence-corrected chi connectivity index (χ4v) is 4.16. The number of carbonyl (C=O) groups excluding carboxylic acids is 2. The largest absolute Gasteiger partial charge is 0.382 e. The molecule has 0 spiro atoms. The van der Waals surface area contributed by atoms with Gasteiger partial charge in [0.2, 0.25) is 5.91 Å². The van der Waals surface area contributed by atoms with Crippen molar-refractivity contribution >= 4 is 17.6 Å². The minimum absolute atomic E-state index is 0.142. The molecule has 2 aliphatic rings. The zero-order valence-electron chi connectivity index (χ0n) is 15.8. The summed E-state index contributed by atoms with van der Waals surface area (Å²) in [6, 6.07) is 7.68. The van der Waals surface area contributed by atoms with Crippen LogP contribution in [0.15, 0.2) is 36.7 Å². The molecule has 2 fully saturated rings. The molecule has 0 bridgehead atoms. The van der Waals surface area contributed by atoms with Crippen molar-refractivity contribution in [3.8, 4) is 11.3 Å². The lowest BCUT2D eigenvalue weighted by molar-refractivity contribution is -0.129. The number of amides is 2. The molecule has 1 atom stereocenters. The highest BCUT2D eigenvalue weighted by Crippen LogP contribution is 2.29. The van der Waals surface area contributed by atoms with Crippen LogP contribution in [0.2, 0.25) is 0 Å². The Morgan fingerprint density at radius 2 is 2.04 bits per heavy atom. The van der Waals surface area contributed by atoms with E-state index in [1.54, 1.807) is 18.3 Å². The molecule has 7 heteroatoms. The average Bonchev–Trinajstić information content (AvgIpc) is 3.36. The monoisotopic (exact) mass is 379 g/mol. The summed E-state index contributed by atoms with van der Waals surface area (Å²) in [5, 5.41) is 2.99. The van der Waals surface area contributed by atoms with Crippen molar-refractivity contribution in [2.75, 3.05) is 18.8 Å². The van der Waals surface area contributed by atoms with Crippen molar-refractivity contribution in [2.24, 2.45) is 5.92 Å². The molecule has 1 aliphatic carbocycles. The maximum atomic E-state index is 12.6. The number of carbonyl (C=O) groups is 2. The van der Waals surface area contributed by atoms with E-state index in [1.807, 2.05) is 17.0 Å². The maximum Gasteiger partial charge on any atom is 0.251 e. The van der Waals surface area contributed by atoms with Gasteiger partial charge in [-0.05, 0) is 25.0 Å². The third-order valence-corrected chi connectivity index (χ3v) is 5.65. The van der Waals surface area contributed by atoms with Crippen molar-refractivity contribution in [2.45, 2.75) is 38.1 Å². The number of hydrogen-bond donors (Lipinski definition) is 2. The molecule has 1 aliphatic heterocycles. The van der Waals surface area contributed by atoms with Crippen LogP contribution < -0.4 is 11.1 Å². The fraction of sp³-hybridized carbons (Fsp3) is 0.429. The summed E-state index contributed by atoms with van der Waals surface area (Å²) < 4.78 is 0. The molecule has 4 rings (SSSR count). The summed E-state index contributed by atoms with van der Waals surface area (Å²) in [5.74, 6) is 0.630. The van der Waals surface area contributed by atoms with Gasteiger partial charge in [0.1, 0.15) is 5.82 Å². The summed E-state index contributed by atoms with van der Waals surface area (Å²) in [6.07, 6.45) is 8.27. The number of nitrogens with one attached hydrogen (secondary N) is 1. The van der Waals surface area contributed by atoms with Crippen LogP contribution in [0, 0.1) is 5.92 Å².